The molecule has 1 atom stereocenters. The molecule has 6 rings (SSSR count). The summed E-state index contributed by atoms with van der Waals surface area (Å²) < 4.78 is 77.8. The van der Waals surface area contributed by atoms with Crippen molar-refractivity contribution in [3.8, 4) is 17.1 Å². The van der Waals surface area contributed by atoms with Gasteiger partial charge in [0, 0.05) is 22.9 Å². The molecule has 0 fully saturated rings. The van der Waals surface area contributed by atoms with Gasteiger partial charge in [0.05, 0.1) is 27.2 Å². The van der Waals surface area contributed by atoms with Gasteiger partial charge in [-0.2, -0.15) is 8.42 Å². The van der Waals surface area contributed by atoms with Crippen molar-refractivity contribution in [1.82, 2.24) is 9.97 Å². The first kappa shape index (κ1) is 36.4. The molecule has 2 aromatic heterocycles. The number of ether oxygens (including phenoxy) is 1. The highest BCUT2D eigenvalue weighted by Crippen LogP contribution is 2.33. The van der Waals surface area contributed by atoms with Gasteiger partial charge < -0.3 is 20.2 Å². The van der Waals surface area contributed by atoms with Crippen LogP contribution in [0.4, 0.5) is 15.9 Å². The molecule has 4 N–H and O–H groups in total. The third kappa shape index (κ3) is 9.86. The van der Waals surface area contributed by atoms with E-state index in [0.717, 1.165) is 22.8 Å². The fourth-order valence-electron chi connectivity index (χ4n) is 4.76. The van der Waals surface area contributed by atoms with Crippen LogP contribution in [0.1, 0.15) is 22.9 Å². The molecule has 2 heterocycles. The van der Waals surface area contributed by atoms with Crippen molar-refractivity contribution in [3.63, 3.8) is 0 Å². The van der Waals surface area contributed by atoms with E-state index in [4.69, 9.17) is 31.0 Å². The average Bonchev–Trinajstić information content (AvgIpc) is 3.55. The normalized spacial score (nSPS) is 12.2. The number of aromatic nitrogens is 2. The second kappa shape index (κ2) is 15.4. The number of sulfone groups is 1. The fourth-order valence-corrected chi connectivity index (χ4v) is 6.29. The Morgan fingerprint density at radius 3 is 2.40 bits per heavy atom. The van der Waals surface area contributed by atoms with E-state index in [2.05, 4.69) is 15.3 Å². The molecule has 0 unspecified atom stereocenters. The van der Waals surface area contributed by atoms with Crippen LogP contribution in [0.3, 0.4) is 0 Å². The maximum Gasteiger partial charge on any atom is 0.294 e. The first-order valence-corrected chi connectivity index (χ1v) is 18.8. The third-order valence-corrected chi connectivity index (χ3v) is 9.32. The van der Waals surface area contributed by atoms with Crippen LogP contribution in [0.15, 0.2) is 113 Å². The predicted molar refractivity (Wildman–Crippen MR) is 190 cm³/mol. The molecule has 0 spiro atoms. The summed E-state index contributed by atoms with van der Waals surface area (Å²) in [7, 11) is -7.28. The number of hydrogen-bond donors (Lipinski definition) is 3. The van der Waals surface area contributed by atoms with E-state index in [-0.39, 0.29) is 23.1 Å². The number of anilines is 2. The molecule has 6 aromatic rings. The summed E-state index contributed by atoms with van der Waals surface area (Å²) in [6, 6.07) is 25.6. The van der Waals surface area contributed by atoms with E-state index >= 15 is 0 Å². The molecule has 0 radical (unpaired) electrons. The molecule has 15 heteroatoms. The lowest BCUT2D eigenvalue weighted by Crippen LogP contribution is -2.20. The molecule has 11 nitrogen and oxygen atoms in total. The highest BCUT2D eigenvalue weighted by atomic mass is 35.5. The number of furan rings is 1. The van der Waals surface area contributed by atoms with Crippen molar-refractivity contribution in [2.75, 3.05) is 17.3 Å². The molecule has 4 aromatic carbocycles. The zero-order valence-corrected chi connectivity index (χ0v) is 29.1. The lowest BCUT2D eigenvalue weighted by atomic mass is 10.1. The maximum absolute atomic E-state index is 13.4. The minimum absolute atomic E-state index is 0.0666. The van der Waals surface area contributed by atoms with Crippen LogP contribution >= 0.6 is 11.6 Å². The highest BCUT2D eigenvalue weighted by molar-refractivity contribution is 7.90. The van der Waals surface area contributed by atoms with Crippen LogP contribution in [-0.4, -0.2) is 43.4 Å². The van der Waals surface area contributed by atoms with Gasteiger partial charge in [-0.15, -0.1) is 0 Å². The van der Waals surface area contributed by atoms with Gasteiger partial charge in [0.2, 0.25) is 0 Å². The number of nitrogens with two attached hydrogens (primary N) is 1. The Balaban J connectivity index is 0.000000377. The SMILES string of the molecule is CS(=O)(=O)C[C@H](N)c1ccc(-c2ccc3ncnc(Nc4ccc(OCc5cccc(F)c5)c(Cl)c4)c3c2)o1.Cc1ccc(S(=O)(=O)O)cc1. The molecule has 0 saturated heterocycles. The minimum Gasteiger partial charge on any atom is -0.487 e. The molecule has 0 amide bonds. The molecular formula is C35H32ClFN4O7S2. The van der Waals surface area contributed by atoms with E-state index in [1.807, 2.05) is 25.1 Å². The van der Waals surface area contributed by atoms with E-state index in [9.17, 15) is 21.2 Å². The molecule has 0 bridgehead atoms. The Labute approximate surface area is 293 Å². The van der Waals surface area contributed by atoms with Crippen LogP contribution in [0.25, 0.3) is 22.2 Å². The second-order valence-corrected chi connectivity index (χ2v) is 15.3. The van der Waals surface area contributed by atoms with Gasteiger partial charge in [0.1, 0.15) is 51.7 Å². The van der Waals surface area contributed by atoms with Gasteiger partial charge in [-0.3, -0.25) is 4.55 Å². The summed E-state index contributed by atoms with van der Waals surface area (Å²) in [4.78, 5) is 8.67. The second-order valence-electron chi connectivity index (χ2n) is 11.3. The molecule has 0 saturated carbocycles. The van der Waals surface area contributed by atoms with Gasteiger partial charge in [-0.25, -0.2) is 22.8 Å². The van der Waals surface area contributed by atoms with Crippen molar-refractivity contribution in [1.29, 1.82) is 0 Å². The Morgan fingerprint density at radius 2 is 1.72 bits per heavy atom. The molecule has 0 aliphatic rings. The van der Waals surface area contributed by atoms with Gasteiger partial charge in [-0.1, -0.05) is 41.4 Å². The number of hydrogen-bond acceptors (Lipinski definition) is 10. The zero-order chi connectivity index (χ0) is 36.1. The van der Waals surface area contributed by atoms with Crippen LogP contribution in [0.5, 0.6) is 5.75 Å². The number of fused-ring (bicyclic) bond motifs is 1. The van der Waals surface area contributed by atoms with E-state index < -0.39 is 26.0 Å². The molecule has 0 aliphatic heterocycles. The van der Waals surface area contributed by atoms with Crippen LogP contribution < -0.4 is 15.8 Å². The number of nitrogens with one attached hydrogen (secondary N) is 1. The number of benzene rings is 4. The predicted octanol–water partition coefficient (Wildman–Crippen LogP) is 7.29. The smallest absolute Gasteiger partial charge is 0.294 e. The van der Waals surface area contributed by atoms with Crippen molar-refractivity contribution >= 4 is 54.0 Å². The third-order valence-electron chi connectivity index (χ3n) is 7.19. The first-order chi connectivity index (χ1) is 23.6. The Hall–Kier alpha value is -4.86. The Kier molecular flexibility index (Phi) is 11.2. The topological polar surface area (TPSA) is 175 Å². The summed E-state index contributed by atoms with van der Waals surface area (Å²) in [6.45, 7) is 2.02. The van der Waals surface area contributed by atoms with Gasteiger partial charge in [0.15, 0.2) is 0 Å². The minimum atomic E-state index is -4.02. The summed E-state index contributed by atoms with van der Waals surface area (Å²) >= 11 is 6.45. The summed E-state index contributed by atoms with van der Waals surface area (Å²) in [5, 5.41) is 4.38. The fraction of sp³-hybridized carbons (Fsp3) is 0.143. The summed E-state index contributed by atoms with van der Waals surface area (Å²) in [5.74, 6) is 1.39. The van der Waals surface area contributed by atoms with Gasteiger partial charge >= 0.3 is 0 Å². The summed E-state index contributed by atoms with van der Waals surface area (Å²) in [6.07, 6.45) is 2.59. The van der Waals surface area contributed by atoms with E-state index in [0.29, 0.717) is 44.9 Å². The quantitative estimate of drug-likeness (QED) is 0.120. The Morgan fingerprint density at radius 1 is 0.960 bits per heavy atom. The van der Waals surface area contributed by atoms with E-state index in [1.54, 1.807) is 54.6 Å². The molecule has 50 heavy (non-hydrogen) atoms. The zero-order valence-electron chi connectivity index (χ0n) is 26.7. The van der Waals surface area contributed by atoms with Gasteiger partial charge in [0.25, 0.3) is 10.1 Å². The lowest BCUT2D eigenvalue weighted by molar-refractivity contribution is 0.306. The monoisotopic (exact) mass is 738 g/mol. The van der Waals surface area contributed by atoms with Gasteiger partial charge in [-0.05, 0) is 85.3 Å². The highest BCUT2D eigenvalue weighted by Gasteiger charge is 2.18. The molecular weight excluding hydrogens is 707 g/mol. The number of aryl methyl sites for hydroxylation is 1. The molecule has 260 valence electrons. The summed E-state index contributed by atoms with van der Waals surface area (Å²) in [5.41, 5.74) is 9.79. The standard InChI is InChI=1S/C28H24ClFN4O4S.C7H8O3S/c1-39(35,36)15-23(31)27-10-9-25(38-27)18-5-7-24-21(12-18)28(33-16-32-24)34-20-6-8-26(22(29)13-20)37-14-17-3-2-4-19(30)11-17;1-6-2-4-7(5-3-6)11(8,9)10/h2-13,16,23H,14-15,31H2,1H3,(H,32,33,34);2-5H,1H3,(H,8,9,10)/t23-;/m0./s1. The number of rotatable bonds is 10. The average molecular weight is 739 g/mol. The van der Waals surface area contributed by atoms with E-state index in [1.165, 1.54) is 30.6 Å². The van der Waals surface area contributed by atoms with Crippen LogP contribution in [0, 0.1) is 12.7 Å². The lowest BCUT2D eigenvalue weighted by Gasteiger charge is -2.12. The first-order valence-electron chi connectivity index (χ1n) is 14.9. The van der Waals surface area contributed by atoms with Crippen LogP contribution in [0.2, 0.25) is 5.02 Å². The van der Waals surface area contributed by atoms with Crippen molar-refractivity contribution < 1.29 is 34.9 Å². The van der Waals surface area contributed by atoms with Crippen molar-refractivity contribution in [3.05, 3.63) is 131 Å². The largest absolute Gasteiger partial charge is 0.487 e. The molecule has 0 aliphatic carbocycles. The van der Waals surface area contributed by atoms with Crippen molar-refractivity contribution in [2.45, 2.75) is 24.5 Å². The number of nitrogens with zero attached hydrogens (tertiary/aromatic N) is 2. The Bertz CT molecular complexity index is 2350. The van der Waals surface area contributed by atoms with Crippen LogP contribution in [-0.2, 0) is 26.6 Å². The maximum atomic E-state index is 13.4. The van der Waals surface area contributed by atoms with Crippen molar-refractivity contribution in [2.24, 2.45) is 5.73 Å². The number of halogens is 2.